The van der Waals surface area contributed by atoms with Crippen molar-refractivity contribution in [2.24, 2.45) is 0 Å². The van der Waals surface area contributed by atoms with Gasteiger partial charge in [0, 0.05) is 11.5 Å². The van der Waals surface area contributed by atoms with Crippen LogP contribution in [0.2, 0.25) is 0 Å². The number of rotatable bonds is 12. The first-order valence-electron chi connectivity index (χ1n) is 13.2. The molecule has 4 heteroatoms. The fraction of sp³-hybridized carbons (Fsp3) is 0.242. The number of H-pyrrole nitrogens is 1. The summed E-state index contributed by atoms with van der Waals surface area (Å²) in [6.07, 6.45) is 13.4. The van der Waals surface area contributed by atoms with Gasteiger partial charge in [0.15, 0.2) is 0 Å². The van der Waals surface area contributed by atoms with E-state index in [1.807, 2.05) is 36.4 Å². The number of hydrogen-bond acceptors (Lipinski definition) is 3. The van der Waals surface area contributed by atoms with Crippen LogP contribution in [0.4, 0.5) is 0 Å². The highest BCUT2D eigenvalue weighted by atomic mass is 16.5. The van der Waals surface area contributed by atoms with E-state index in [-0.39, 0.29) is 0 Å². The van der Waals surface area contributed by atoms with Crippen LogP contribution in [0.3, 0.4) is 0 Å². The molecular weight excluding hydrogens is 456 g/mol. The van der Waals surface area contributed by atoms with Crippen LogP contribution in [0.5, 0.6) is 11.5 Å². The molecule has 0 bridgehead atoms. The molecule has 1 aromatic heterocycles. The van der Waals surface area contributed by atoms with Gasteiger partial charge in [-0.1, -0.05) is 74.8 Å². The maximum atomic E-state index is 6.01. The predicted octanol–water partition coefficient (Wildman–Crippen LogP) is 8.49. The van der Waals surface area contributed by atoms with Gasteiger partial charge < -0.3 is 9.47 Å². The Morgan fingerprint density at radius 3 is 2.11 bits per heavy atom. The molecule has 1 aliphatic rings. The maximum absolute atomic E-state index is 6.01. The van der Waals surface area contributed by atoms with Crippen LogP contribution in [0.1, 0.15) is 49.7 Å². The number of nitrogens with one attached hydrogen (secondary N) is 1. The van der Waals surface area contributed by atoms with Crippen LogP contribution < -0.4 is 9.47 Å². The number of allylic oxidation sites excluding steroid dienone is 4. The van der Waals surface area contributed by atoms with Crippen LogP contribution in [0.25, 0.3) is 22.5 Å². The van der Waals surface area contributed by atoms with Crippen LogP contribution in [-0.2, 0) is 6.61 Å². The number of benzene rings is 3. The minimum absolute atomic E-state index is 0.392. The monoisotopic (exact) mass is 490 g/mol. The summed E-state index contributed by atoms with van der Waals surface area (Å²) in [5.74, 6) is 2.15. The molecule has 0 amide bonds. The zero-order valence-electron chi connectivity index (χ0n) is 21.4. The van der Waals surface area contributed by atoms with Crippen molar-refractivity contribution in [1.82, 2.24) is 10.2 Å². The van der Waals surface area contributed by atoms with Gasteiger partial charge in [-0.2, -0.15) is 5.10 Å². The summed E-state index contributed by atoms with van der Waals surface area (Å²) in [6.45, 7) is 3.54. The summed E-state index contributed by atoms with van der Waals surface area (Å²) >= 11 is 0. The second-order valence-electron chi connectivity index (χ2n) is 9.45. The first-order valence-corrected chi connectivity index (χ1v) is 13.2. The Morgan fingerprint density at radius 2 is 1.41 bits per heavy atom. The largest absolute Gasteiger partial charge is 0.494 e. The molecule has 1 heterocycles. The van der Waals surface area contributed by atoms with Gasteiger partial charge in [-0.05, 0) is 77.7 Å². The summed E-state index contributed by atoms with van der Waals surface area (Å²) in [5, 5.41) is 7.68. The van der Waals surface area contributed by atoms with Crippen LogP contribution in [-0.4, -0.2) is 16.8 Å². The zero-order valence-corrected chi connectivity index (χ0v) is 21.4. The molecule has 4 aromatic rings. The van der Waals surface area contributed by atoms with Gasteiger partial charge in [-0.25, -0.2) is 0 Å². The lowest BCUT2D eigenvalue weighted by molar-refractivity contribution is 0.305. The average molecular weight is 491 g/mol. The second kappa shape index (κ2) is 12.3. The molecule has 4 nitrogen and oxygen atoms in total. The molecule has 0 unspecified atom stereocenters. The Bertz CT molecular complexity index is 1300. The Labute approximate surface area is 219 Å². The number of aromatic amines is 1. The lowest BCUT2D eigenvalue weighted by Gasteiger charge is -2.09. The molecule has 0 spiro atoms. The van der Waals surface area contributed by atoms with Gasteiger partial charge in [0.2, 0.25) is 0 Å². The third kappa shape index (κ3) is 6.59. The third-order valence-corrected chi connectivity index (χ3v) is 6.68. The smallest absolute Gasteiger partial charge is 0.119 e. The molecule has 37 heavy (non-hydrogen) atoms. The molecule has 0 radical (unpaired) electrons. The number of unbranched alkanes of at least 4 members (excludes halogenated alkanes) is 3. The van der Waals surface area contributed by atoms with E-state index in [0.29, 0.717) is 12.5 Å². The van der Waals surface area contributed by atoms with Gasteiger partial charge in [0.1, 0.15) is 18.1 Å². The van der Waals surface area contributed by atoms with E-state index in [2.05, 4.69) is 83.9 Å². The first-order chi connectivity index (χ1) is 18.3. The molecule has 1 N–H and O–H groups in total. The molecule has 188 valence electrons. The van der Waals surface area contributed by atoms with Gasteiger partial charge >= 0.3 is 0 Å². The van der Waals surface area contributed by atoms with Crippen LogP contribution >= 0.6 is 0 Å². The van der Waals surface area contributed by atoms with Crippen molar-refractivity contribution in [3.63, 3.8) is 0 Å². The van der Waals surface area contributed by atoms with E-state index in [9.17, 15) is 0 Å². The van der Waals surface area contributed by atoms with E-state index < -0.39 is 0 Å². The fourth-order valence-electron chi connectivity index (χ4n) is 4.45. The SMILES string of the molecule is CCCCCCOc1ccc(-c2cc(-c3ccc(OCc4ccc(C5C=CC=C5)cc4)cc3)n[nH]2)cc1. The predicted molar refractivity (Wildman–Crippen MR) is 151 cm³/mol. The summed E-state index contributed by atoms with van der Waals surface area (Å²) < 4.78 is 11.9. The molecule has 0 saturated carbocycles. The second-order valence-corrected chi connectivity index (χ2v) is 9.45. The standard InChI is InChI=1S/C33H34N2O2/c1-2-3-4-7-22-36-30-18-14-28(15-19-30)32-23-33(35-34-32)29-16-20-31(21-17-29)37-24-25-10-12-27(13-11-25)26-8-5-6-9-26/h5-6,8-21,23,26H,2-4,7,22,24H2,1H3,(H,34,35). The fourth-order valence-corrected chi connectivity index (χ4v) is 4.45. The van der Waals surface area contributed by atoms with Crippen molar-refractivity contribution in [3.05, 3.63) is 114 Å². The van der Waals surface area contributed by atoms with Gasteiger partial charge in [-0.15, -0.1) is 0 Å². The highest BCUT2D eigenvalue weighted by molar-refractivity contribution is 5.68. The Morgan fingerprint density at radius 1 is 0.730 bits per heavy atom. The summed E-state index contributed by atoms with van der Waals surface area (Å²) in [4.78, 5) is 0. The van der Waals surface area contributed by atoms with Crippen LogP contribution in [0.15, 0.2) is 103 Å². The summed E-state index contributed by atoms with van der Waals surface area (Å²) in [6, 6.07) is 27.0. The third-order valence-electron chi connectivity index (χ3n) is 6.68. The molecule has 0 saturated heterocycles. The lowest BCUT2D eigenvalue weighted by atomic mass is 10.00. The van der Waals surface area contributed by atoms with Gasteiger partial charge in [-0.3, -0.25) is 5.10 Å². The lowest BCUT2D eigenvalue weighted by Crippen LogP contribution is -1.96. The van der Waals surface area contributed by atoms with Crippen molar-refractivity contribution in [2.45, 2.75) is 45.1 Å². The number of aromatic nitrogens is 2. The molecule has 0 atom stereocenters. The minimum atomic E-state index is 0.392. The number of nitrogens with zero attached hydrogens (tertiary/aromatic N) is 1. The van der Waals surface area contributed by atoms with Crippen molar-refractivity contribution >= 4 is 0 Å². The van der Waals surface area contributed by atoms with E-state index >= 15 is 0 Å². The minimum Gasteiger partial charge on any atom is -0.494 e. The Balaban J connectivity index is 1.13. The Kier molecular flexibility index (Phi) is 8.17. The topological polar surface area (TPSA) is 47.1 Å². The molecule has 3 aromatic carbocycles. The van der Waals surface area contributed by atoms with Crippen molar-refractivity contribution in [3.8, 4) is 34.0 Å². The average Bonchev–Trinajstić information content (AvgIpc) is 3.66. The molecule has 5 rings (SSSR count). The summed E-state index contributed by atoms with van der Waals surface area (Å²) in [5.41, 5.74) is 6.48. The normalized spacial score (nSPS) is 12.8. The van der Waals surface area contributed by atoms with E-state index in [1.165, 1.54) is 24.8 Å². The van der Waals surface area contributed by atoms with Crippen molar-refractivity contribution in [1.29, 1.82) is 0 Å². The highest BCUT2D eigenvalue weighted by Crippen LogP contribution is 2.27. The van der Waals surface area contributed by atoms with Gasteiger partial charge in [0.25, 0.3) is 0 Å². The molecule has 0 fully saturated rings. The van der Waals surface area contributed by atoms with E-state index in [4.69, 9.17) is 9.47 Å². The van der Waals surface area contributed by atoms with Gasteiger partial charge in [0.05, 0.1) is 18.0 Å². The van der Waals surface area contributed by atoms with E-state index in [0.717, 1.165) is 52.6 Å². The summed E-state index contributed by atoms with van der Waals surface area (Å²) in [7, 11) is 0. The van der Waals surface area contributed by atoms with E-state index in [1.54, 1.807) is 0 Å². The molecular formula is C33H34N2O2. The highest BCUT2D eigenvalue weighted by Gasteiger charge is 2.08. The number of hydrogen-bond donors (Lipinski definition) is 1. The maximum Gasteiger partial charge on any atom is 0.119 e. The van der Waals surface area contributed by atoms with Crippen molar-refractivity contribution < 1.29 is 9.47 Å². The Hall–Kier alpha value is -4.05. The first kappa shape index (κ1) is 24.6. The van der Waals surface area contributed by atoms with Crippen molar-refractivity contribution in [2.75, 3.05) is 6.61 Å². The zero-order chi connectivity index (χ0) is 25.3. The van der Waals surface area contributed by atoms with Crippen LogP contribution in [0, 0.1) is 0 Å². The quantitative estimate of drug-likeness (QED) is 0.203. The molecule has 0 aliphatic heterocycles. The molecule has 1 aliphatic carbocycles. The number of ether oxygens (including phenoxy) is 2.